The SMILES string of the molecule is c1ccc(-c2nc(-c3ccc4c5ccccc5c5ccccc5c4c3)nc(-n3c4ccccc4c4ccc5c6ccccc6n(-c6cc(-c7ccccc7)c7oc8ccccc8c7c6)c5c43)n2)cc1. The van der Waals surface area contributed by atoms with Crippen LogP contribution in [0.2, 0.25) is 0 Å². The average molecular weight is 880 g/mol. The number of fused-ring (bicyclic) bond motifs is 16. The van der Waals surface area contributed by atoms with Gasteiger partial charge in [-0.1, -0.05) is 188 Å². The predicted octanol–water partition coefficient (Wildman–Crippen LogP) is 16.4. The van der Waals surface area contributed by atoms with Gasteiger partial charge in [0, 0.05) is 54.7 Å². The summed E-state index contributed by atoms with van der Waals surface area (Å²) in [5.41, 5.74) is 10.9. The Bertz CT molecular complexity index is 4570. The fourth-order valence-corrected chi connectivity index (χ4v) is 11.1. The number of rotatable bonds is 5. The summed E-state index contributed by atoms with van der Waals surface area (Å²) in [5, 5.41) is 13.9. The highest BCUT2D eigenvalue weighted by molar-refractivity contribution is 6.26. The fraction of sp³-hybridized carbons (Fsp3) is 0. The number of para-hydroxylation sites is 3. The summed E-state index contributed by atoms with van der Waals surface area (Å²) in [6.07, 6.45) is 0. The Morgan fingerprint density at radius 3 is 1.43 bits per heavy atom. The minimum Gasteiger partial charge on any atom is -0.455 e. The van der Waals surface area contributed by atoms with E-state index in [1.54, 1.807) is 0 Å². The summed E-state index contributed by atoms with van der Waals surface area (Å²) in [5.74, 6) is 1.74. The third-order valence-electron chi connectivity index (χ3n) is 14.1. The van der Waals surface area contributed by atoms with Crippen molar-refractivity contribution in [3.05, 3.63) is 224 Å². The molecular weight excluding hydrogens is 843 g/mol. The lowest BCUT2D eigenvalue weighted by atomic mass is 9.93. The third kappa shape index (κ3) is 5.57. The molecule has 0 bridgehead atoms. The molecule has 0 radical (unpaired) electrons. The summed E-state index contributed by atoms with van der Waals surface area (Å²) in [6, 6.07) is 79.7. The molecule has 0 aliphatic heterocycles. The van der Waals surface area contributed by atoms with Crippen LogP contribution in [0.1, 0.15) is 0 Å². The first-order chi connectivity index (χ1) is 34.2. The van der Waals surface area contributed by atoms with Gasteiger partial charge in [0.25, 0.3) is 0 Å². The standard InChI is InChI=1S/C63H37N5O/c1-3-17-38(18-4-1)52-36-41(37-54-49-27-13-16-30-57(49)69-60(52)54)67-55-28-14-11-25-47(55)50-33-34-51-48-26-12-15-29-56(48)68(59(51)58(50)67)63-65-61(39-19-5-2-6-20-39)64-62(66-63)40-31-32-46-44-23-8-7-21-42(44)43-22-9-10-24-45(43)53(46)35-40/h1-37H. The molecule has 0 N–H and O–H groups in total. The zero-order chi connectivity index (χ0) is 45.2. The minimum atomic E-state index is 0.541. The molecule has 0 amide bonds. The van der Waals surface area contributed by atoms with Crippen molar-refractivity contribution < 1.29 is 4.42 Å². The molecule has 6 nitrogen and oxygen atoms in total. The Hall–Kier alpha value is -9.39. The van der Waals surface area contributed by atoms with Crippen molar-refractivity contribution in [2.75, 3.05) is 0 Å². The molecule has 0 atom stereocenters. The van der Waals surface area contributed by atoms with Crippen LogP contribution >= 0.6 is 0 Å². The Balaban J connectivity index is 1.06. The lowest BCUT2D eigenvalue weighted by Crippen LogP contribution is -2.07. The molecule has 0 saturated carbocycles. The van der Waals surface area contributed by atoms with Crippen molar-refractivity contribution in [2.24, 2.45) is 0 Å². The molecule has 6 heteroatoms. The minimum absolute atomic E-state index is 0.541. The van der Waals surface area contributed by atoms with Crippen LogP contribution in [0, 0.1) is 0 Å². The topological polar surface area (TPSA) is 61.7 Å². The smallest absolute Gasteiger partial charge is 0.238 e. The summed E-state index contributed by atoms with van der Waals surface area (Å²) >= 11 is 0. The van der Waals surface area contributed by atoms with Gasteiger partial charge in [-0.25, -0.2) is 4.98 Å². The van der Waals surface area contributed by atoms with E-state index in [0.717, 1.165) is 98.9 Å². The zero-order valence-electron chi connectivity index (χ0n) is 37.0. The fourth-order valence-electron chi connectivity index (χ4n) is 11.1. The van der Waals surface area contributed by atoms with Gasteiger partial charge in [-0.2, -0.15) is 9.97 Å². The summed E-state index contributed by atoms with van der Waals surface area (Å²) in [6.45, 7) is 0. The lowest BCUT2D eigenvalue weighted by Gasteiger charge is -2.15. The number of hydrogen-bond donors (Lipinski definition) is 0. The molecule has 0 aliphatic carbocycles. The third-order valence-corrected chi connectivity index (χ3v) is 14.1. The largest absolute Gasteiger partial charge is 0.455 e. The van der Waals surface area contributed by atoms with E-state index in [1.165, 1.54) is 26.9 Å². The monoisotopic (exact) mass is 879 g/mol. The lowest BCUT2D eigenvalue weighted by molar-refractivity contribution is 0.670. The number of hydrogen-bond acceptors (Lipinski definition) is 4. The van der Waals surface area contributed by atoms with Gasteiger partial charge in [0.1, 0.15) is 11.2 Å². The van der Waals surface area contributed by atoms with Crippen LogP contribution in [0.15, 0.2) is 229 Å². The van der Waals surface area contributed by atoms with Crippen LogP contribution in [0.5, 0.6) is 0 Å². The Morgan fingerprint density at radius 1 is 0.304 bits per heavy atom. The van der Waals surface area contributed by atoms with Crippen molar-refractivity contribution in [1.82, 2.24) is 24.1 Å². The Kier molecular flexibility index (Phi) is 7.97. The first-order valence-electron chi connectivity index (χ1n) is 23.4. The molecule has 4 aromatic heterocycles. The van der Waals surface area contributed by atoms with Gasteiger partial charge in [-0.05, 0) is 74.3 Å². The molecule has 320 valence electrons. The molecule has 0 aliphatic rings. The van der Waals surface area contributed by atoms with E-state index >= 15 is 0 Å². The van der Waals surface area contributed by atoms with Gasteiger partial charge in [-0.3, -0.25) is 4.57 Å². The van der Waals surface area contributed by atoms with Gasteiger partial charge >= 0.3 is 0 Å². The molecule has 15 aromatic rings. The predicted molar refractivity (Wildman–Crippen MR) is 285 cm³/mol. The van der Waals surface area contributed by atoms with Gasteiger partial charge in [0.05, 0.1) is 22.1 Å². The van der Waals surface area contributed by atoms with Crippen LogP contribution in [-0.4, -0.2) is 24.1 Å². The Morgan fingerprint density at radius 2 is 0.783 bits per heavy atom. The average Bonchev–Trinajstić information content (AvgIpc) is 4.09. The van der Waals surface area contributed by atoms with Crippen molar-refractivity contribution in [3.63, 3.8) is 0 Å². The molecule has 0 spiro atoms. The van der Waals surface area contributed by atoms with E-state index in [2.05, 4.69) is 209 Å². The second kappa shape index (κ2) is 14.6. The van der Waals surface area contributed by atoms with Gasteiger partial charge < -0.3 is 8.98 Å². The first kappa shape index (κ1) is 37.8. The molecule has 0 unspecified atom stereocenters. The molecule has 0 fully saturated rings. The Labute approximate surface area is 394 Å². The number of benzene rings is 11. The quantitative estimate of drug-likeness (QED) is 0.162. The van der Waals surface area contributed by atoms with E-state index in [-0.39, 0.29) is 0 Å². The van der Waals surface area contributed by atoms with Crippen molar-refractivity contribution in [3.8, 4) is 45.5 Å². The van der Waals surface area contributed by atoms with Crippen LogP contribution in [-0.2, 0) is 0 Å². The maximum absolute atomic E-state index is 6.70. The maximum Gasteiger partial charge on any atom is 0.238 e. The summed E-state index contributed by atoms with van der Waals surface area (Å²) in [4.78, 5) is 16.2. The summed E-state index contributed by atoms with van der Waals surface area (Å²) in [7, 11) is 0. The van der Waals surface area contributed by atoms with Gasteiger partial charge in [0.2, 0.25) is 5.95 Å². The van der Waals surface area contributed by atoms with Crippen molar-refractivity contribution >= 4 is 97.9 Å². The van der Waals surface area contributed by atoms with Gasteiger partial charge in [0.15, 0.2) is 11.6 Å². The maximum atomic E-state index is 6.70. The second-order valence-electron chi connectivity index (χ2n) is 17.9. The van der Waals surface area contributed by atoms with Crippen LogP contribution in [0.25, 0.3) is 143 Å². The zero-order valence-corrected chi connectivity index (χ0v) is 37.0. The van der Waals surface area contributed by atoms with Crippen molar-refractivity contribution in [1.29, 1.82) is 0 Å². The highest BCUT2D eigenvalue weighted by atomic mass is 16.3. The molecule has 69 heavy (non-hydrogen) atoms. The molecule has 4 heterocycles. The molecular formula is C63H37N5O. The normalized spacial score (nSPS) is 12.1. The van der Waals surface area contributed by atoms with Crippen LogP contribution in [0.4, 0.5) is 0 Å². The highest BCUT2D eigenvalue weighted by Gasteiger charge is 2.25. The molecule has 15 rings (SSSR count). The molecule has 0 saturated heterocycles. The first-order valence-corrected chi connectivity index (χ1v) is 23.4. The van der Waals surface area contributed by atoms with Crippen molar-refractivity contribution in [2.45, 2.75) is 0 Å². The number of aromatic nitrogens is 5. The highest BCUT2D eigenvalue weighted by Crippen LogP contribution is 2.45. The van der Waals surface area contributed by atoms with E-state index in [1.807, 2.05) is 24.3 Å². The summed E-state index contributed by atoms with van der Waals surface area (Å²) < 4.78 is 11.4. The number of furan rings is 1. The second-order valence-corrected chi connectivity index (χ2v) is 17.9. The van der Waals surface area contributed by atoms with E-state index in [9.17, 15) is 0 Å². The van der Waals surface area contributed by atoms with E-state index < -0.39 is 0 Å². The van der Waals surface area contributed by atoms with Crippen LogP contribution in [0.3, 0.4) is 0 Å². The molecule has 11 aromatic carbocycles. The van der Waals surface area contributed by atoms with E-state index in [4.69, 9.17) is 19.4 Å². The number of nitrogens with zero attached hydrogens (tertiary/aromatic N) is 5. The van der Waals surface area contributed by atoms with Crippen LogP contribution < -0.4 is 0 Å². The van der Waals surface area contributed by atoms with Gasteiger partial charge in [-0.15, -0.1) is 0 Å². The van der Waals surface area contributed by atoms with E-state index in [0.29, 0.717) is 17.6 Å².